The Kier molecular flexibility index (Phi) is 16.7. The molecule has 0 aromatic carbocycles. The fourth-order valence-corrected chi connectivity index (χ4v) is 2.49. The molecular weight excluding hydrogens is 292 g/mol. The molecule has 0 heterocycles. The van der Waals surface area contributed by atoms with Crippen molar-refractivity contribution in [3.63, 3.8) is 0 Å². The van der Waals surface area contributed by atoms with Crippen LogP contribution in [0.25, 0.3) is 0 Å². The van der Waals surface area contributed by atoms with E-state index in [1.807, 2.05) is 46.8 Å². The molecule has 1 rings (SSSR count). The molecule has 0 radical (unpaired) electrons. The average molecular weight is 331 g/mol. The molecule has 0 N–H and O–H groups in total. The van der Waals surface area contributed by atoms with Gasteiger partial charge in [0.25, 0.3) is 0 Å². The standard InChI is InChI=1S/C19H26O.2C2H6/c1-15(7-5-8-16(2)13-14-20)11-12-19-17(3)9-6-10-18(19)4;2*1-2/h5,7-8,11-14,17H,6,9-10H2,1-4H3;2*1-2H3/b8-5+,12-11+,15-7+,16-13-;;. The number of carbonyl (C=O) groups excluding carboxylic acids is 1. The summed E-state index contributed by atoms with van der Waals surface area (Å²) in [6.07, 6.45) is 16.7. The number of rotatable bonds is 5. The first-order chi connectivity index (χ1) is 11.5. The van der Waals surface area contributed by atoms with Crippen molar-refractivity contribution in [3.8, 4) is 0 Å². The van der Waals surface area contributed by atoms with Crippen LogP contribution in [0.5, 0.6) is 0 Å². The first kappa shape index (κ1) is 24.6. The van der Waals surface area contributed by atoms with Gasteiger partial charge in [0, 0.05) is 0 Å². The predicted octanol–water partition coefficient (Wildman–Crippen LogP) is 7.38. The number of hydrogen-bond donors (Lipinski definition) is 0. The van der Waals surface area contributed by atoms with E-state index >= 15 is 0 Å². The fraction of sp³-hybridized carbons (Fsp3) is 0.522. The van der Waals surface area contributed by atoms with Crippen LogP contribution in [0.1, 0.15) is 74.7 Å². The Bertz CT molecular complexity index is 484. The molecule has 0 aromatic heterocycles. The molecule has 0 amide bonds. The monoisotopic (exact) mass is 330 g/mol. The second-order valence-corrected chi connectivity index (χ2v) is 5.68. The first-order valence-electron chi connectivity index (χ1n) is 9.39. The van der Waals surface area contributed by atoms with Gasteiger partial charge in [-0.15, -0.1) is 0 Å². The number of carbonyl (C=O) groups is 1. The smallest absolute Gasteiger partial charge is 0.143 e. The summed E-state index contributed by atoms with van der Waals surface area (Å²) in [6.45, 7) is 16.6. The van der Waals surface area contributed by atoms with Crippen molar-refractivity contribution in [2.45, 2.75) is 74.7 Å². The topological polar surface area (TPSA) is 17.1 Å². The molecule has 1 aliphatic rings. The third-order valence-electron chi connectivity index (χ3n) is 3.79. The van der Waals surface area contributed by atoms with Gasteiger partial charge < -0.3 is 0 Å². The Morgan fingerprint density at radius 1 is 1.00 bits per heavy atom. The van der Waals surface area contributed by atoms with Gasteiger partial charge in [-0.3, -0.25) is 4.79 Å². The van der Waals surface area contributed by atoms with Crippen LogP contribution < -0.4 is 0 Å². The Hall–Kier alpha value is -1.63. The number of hydrogen-bond acceptors (Lipinski definition) is 1. The quantitative estimate of drug-likeness (QED) is 0.292. The molecule has 0 saturated carbocycles. The highest BCUT2D eigenvalue weighted by atomic mass is 16.1. The van der Waals surface area contributed by atoms with Crippen molar-refractivity contribution < 1.29 is 4.79 Å². The van der Waals surface area contributed by atoms with Crippen LogP contribution in [0, 0.1) is 5.92 Å². The zero-order valence-electron chi connectivity index (χ0n) is 17.1. The normalized spacial score (nSPS) is 18.9. The van der Waals surface area contributed by atoms with Crippen molar-refractivity contribution in [1.29, 1.82) is 0 Å². The molecule has 0 aromatic rings. The molecule has 24 heavy (non-hydrogen) atoms. The van der Waals surface area contributed by atoms with Gasteiger partial charge >= 0.3 is 0 Å². The van der Waals surface area contributed by atoms with Crippen molar-refractivity contribution in [3.05, 3.63) is 58.7 Å². The second-order valence-electron chi connectivity index (χ2n) is 5.68. The lowest BCUT2D eigenvalue weighted by Gasteiger charge is -2.22. The summed E-state index contributed by atoms with van der Waals surface area (Å²) in [7, 11) is 0. The maximum atomic E-state index is 10.3. The van der Waals surface area contributed by atoms with Crippen LogP contribution in [-0.4, -0.2) is 6.29 Å². The van der Waals surface area contributed by atoms with Crippen molar-refractivity contribution in [2.24, 2.45) is 5.92 Å². The third kappa shape index (κ3) is 11.0. The van der Waals surface area contributed by atoms with Gasteiger partial charge in [-0.2, -0.15) is 0 Å². The Balaban J connectivity index is 0. The largest absolute Gasteiger partial charge is 0.299 e. The lowest BCUT2D eigenvalue weighted by Crippen LogP contribution is -2.06. The second kappa shape index (κ2) is 16.2. The van der Waals surface area contributed by atoms with Gasteiger partial charge in [0.2, 0.25) is 0 Å². The van der Waals surface area contributed by atoms with Crippen molar-refractivity contribution in [2.75, 3.05) is 0 Å². The van der Waals surface area contributed by atoms with Crippen LogP contribution in [0.2, 0.25) is 0 Å². The van der Waals surface area contributed by atoms with Crippen LogP contribution in [0.3, 0.4) is 0 Å². The number of aldehydes is 1. The van der Waals surface area contributed by atoms with E-state index in [0.29, 0.717) is 5.92 Å². The minimum Gasteiger partial charge on any atom is -0.299 e. The van der Waals surface area contributed by atoms with E-state index in [1.165, 1.54) is 36.0 Å². The van der Waals surface area contributed by atoms with Crippen LogP contribution in [0.15, 0.2) is 58.7 Å². The van der Waals surface area contributed by atoms with Gasteiger partial charge in [-0.25, -0.2) is 0 Å². The van der Waals surface area contributed by atoms with Gasteiger partial charge in [0.1, 0.15) is 6.29 Å². The molecule has 0 fully saturated rings. The summed E-state index contributed by atoms with van der Waals surface area (Å²) in [4.78, 5) is 10.3. The molecule has 1 nitrogen and oxygen atoms in total. The SMILES string of the molecule is CC.CC.CC1=C(/C=C/C(C)=C/C=C/C(C)=C\C=O)C(C)CCC1. The molecule has 1 aliphatic carbocycles. The van der Waals surface area contributed by atoms with E-state index in [1.54, 1.807) is 6.08 Å². The molecule has 1 atom stereocenters. The Labute approximate surface area is 150 Å². The van der Waals surface area contributed by atoms with Crippen LogP contribution >= 0.6 is 0 Å². The van der Waals surface area contributed by atoms with Crippen LogP contribution in [0.4, 0.5) is 0 Å². The number of allylic oxidation sites excluding steroid dienone is 10. The minimum atomic E-state index is 0.682. The van der Waals surface area contributed by atoms with E-state index in [4.69, 9.17) is 0 Å². The molecule has 0 saturated heterocycles. The average Bonchev–Trinajstić information content (AvgIpc) is 2.58. The zero-order valence-corrected chi connectivity index (χ0v) is 17.1. The highest BCUT2D eigenvalue weighted by Gasteiger charge is 2.14. The highest BCUT2D eigenvalue weighted by molar-refractivity contribution is 5.66. The molecule has 136 valence electrons. The van der Waals surface area contributed by atoms with E-state index in [0.717, 1.165) is 11.9 Å². The zero-order chi connectivity index (χ0) is 19.0. The van der Waals surface area contributed by atoms with Gasteiger partial charge in [0.05, 0.1) is 0 Å². The molecule has 0 bridgehead atoms. The summed E-state index contributed by atoms with van der Waals surface area (Å²) >= 11 is 0. The van der Waals surface area contributed by atoms with Crippen molar-refractivity contribution >= 4 is 6.29 Å². The first-order valence-corrected chi connectivity index (χ1v) is 9.39. The van der Waals surface area contributed by atoms with E-state index in [-0.39, 0.29) is 0 Å². The summed E-state index contributed by atoms with van der Waals surface area (Å²) in [5.41, 5.74) is 5.23. The lowest BCUT2D eigenvalue weighted by molar-refractivity contribution is -0.104. The summed E-state index contributed by atoms with van der Waals surface area (Å²) < 4.78 is 0. The molecule has 1 heteroatoms. The third-order valence-corrected chi connectivity index (χ3v) is 3.79. The predicted molar refractivity (Wildman–Crippen MR) is 110 cm³/mol. The maximum Gasteiger partial charge on any atom is 0.143 e. The molecule has 1 unspecified atom stereocenters. The Morgan fingerprint density at radius 2 is 1.58 bits per heavy atom. The van der Waals surface area contributed by atoms with E-state index < -0.39 is 0 Å². The van der Waals surface area contributed by atoms with Gasteiger partial charge in [-0.05, 0) is 63.2 Å². The molecule has 0 aliphatic heterocycles. The van der Waals surface area contributed by atoms with Crippen LogP contribution in [-0.2, 0) is 4.79 Å². The van der Waals surface area contributed by atoms with E-state index in [2.05, 4.69) is 39.0 Å². The minimum absolute atomic E-state index is 0.682. The van der Waals surface area contributed by atoms with E-state index in [9.17, 15) is 4.79 Å². The van der Waals surface area contributed by atoms with Gasteiger partial charge in [0.15, 0.2) is 0 Å². The Morgan fingerprint density at radius 3 is 2.12 bits per heavy atom. The maximum absolute atomic E-state index is 10.3. The summed E-state index contributed by atoms with van der Waals surface area (Å²) in [6, 6.07) is 0. The highest BCUT2D eigenvalue weighted by Crippen LogP contribution is 2.30. The molecule has 0 spiro atoms. The summed E-state index contributed by atoms with van der Waals surface area (Å²) in [5, 5.41) is 0. The summed E-state index contributed by atoms with van der Waals surface area (Å²) in [5.74, 6) is 0.682. The molecular formula is C23H38O. The fourth-order valence-electron chi connectivity index (χ4n) is 2.49. The lowest BCUT2D eigenvalue weighted by atomic mass is 9.84. The van der Waals surface area contributed by atoms with Gasteiger partial charge in [-0.1, -0.05) is 76.1 Å². The van der Waals surface area contributed by atoms with Crippen molar-refractivity contribution in [1.82, 2.24) is 0 Å².